The molecule has 8 heteroatoms. The van der Waals surface area contributed by atoms with Crippen molar-refractivity contribution in [1.82, 2.24) is 15.1 Å². The Morgan fingerprint density at radius 3 is 1.71 bits per heavy atom. The van der Waals surface area contributed by atoms with Gasteiger partial charge in [-0.1, -0.05) is 37.1 Å². The standard InChI is InChI=1S/C34H45F2N3O3/c1-40-32-23-26(24-33(41-2)34(32)42-3)25-37-16-18-39-21-19-38(20-22-39)17-6-4-5-7-31(27-8-12-29(35)13-9-27)28-10-14-30(36)15-11-28/h8-15,23-24,31,37H,4-7,16-22,25H2,1-3H3. The maximum Gasteiger partial charge on any atom is 0.203 e. The third-order valence-electron chi connectivity index (χ3n) is 8.14. The first-order valence-electron chi connectivity index (χ1n) is 15.0. The highest BCUT2D eigenvalue weighted by molar-refractivity contribution is 5.53. The Morgan fingerprint density at radius 2 is 1.21 bits per heavy atom. The molecule has 0 spiro atoms. The summed E-state index contributed by atoms with van der Waals surface area (Å²) in [6, 6.07) is 17.4. The largest absolute Gasteiger partial charge is 0.493 e. The van der Waals surface area contributed by atoms with Crippen LogP contribution in [-0.2, 0) is 6.54 Å². The lowest BCUT2D eigenvalue weighted by molar-refractivity contribution is 0.131. The predicted molar refractivity (Wildman–Crippen MR) is 164 cm³/mol. The molecule has 228 valence electrons. The molecule has 1 aliphatic rings. The van der Waals surface area contributed by atoms with E-state index in [0.29, 0.717) is 17.2 Å². The van der Waals surface area contributed by atoms with Crippen molar-refractivity contribution < 1.29 is 23.0 Å². The molecule has 1 heterocycles. The highest BCUT2D eigenvalue weighted by atomic mass is 19.1. The van der Waals surface area contributed by atoms with Crippen LogP contribution in [-0.4, -0.2) is 76.9 Å². The number of methoxy groups -OCH3 is 3. The molecule has 0 atom stereocenters. The molecule has 1 saturated heterocycles. The number of halogens is 2. The Balaban J connectivity index is 1.12. The zero-order valence-electron chi connectivity index (χ0n) is 25.2. The summed E-state index contributed by atoms with van der Waals surface area (Å²) < 4.78 is 43.3. The lowest BCUT2D eigenvalue weighted by Crippen LogP contribution is -2.48. The van der Waals surface area contributed by atoms with Crippen LogP contribution in [0.1, 0.15) is 48.3 Å². The number of benzene rings is 3. The first kappa shape index (κ1) is 31.7. The smallest absolute Gasteiger partial charge is 0.203 e. The number of rotatable bonds is 16. The van der Waals surface area contributed by atoms with E-state index >= 15 is 0 Å². The number of hydrogen-bond acceptors (Lipinski definition) is 6. The fourth-order valence-electron chi connectivity index (χ4n) is 5.72. The average molecular weight is 582 g/mol. The van der Waals surface area contributed by atoms with Gasteiger partial charge in [-0.2, -0.15) is 0 Å². The van der Waals surface area contributed by atoms with Crippen molar-refractivity contribution in [3.8, 4) is 17.2 Å². The third kappa shape index (κ3) is 9.15. The molecule has 0 unspecified atom stereocenters. The first-order valence-corrected chi connectivity index (χ1v) is 15.0. The van der Waals surface area contributed by atoms with Gasteiger partial charge in [-0.3, -0.25) is 4.90 Å². The van der Waals surface area contributed by atoms with Crippen LogP contribution in [0, 0.1) is 11.6 Å². The van der Waals surface area contributed by atoms with Crippen LogP contribution >= 0.6 is 0 Å². The van der Waals surface area contributed by atoms with E-state index in [1.807, 2.05) is 36.4 Å². The lowest BCUT2D eigenvalue weighted by Gasteiger charge is -2.34. The molecule has 0 aromatic heterocycles. The quantitative estimate of drug-likeness (QED) is 0.207. The molecule has 1 aliphatic heterocycles. The topological polar surface area (TPSA) is 46.2 Å². The Hall–Kier alpha value is -3.20. The minimum absolute atomic E-state index is 0.150. The second-order valence-corrected chi connectivity index (χ2v) is 10.9. The predicted octanol–water partition coefficient (Wildman–Crippen LogP) is 6.09. The molecule has 0 aliphatic carbocycles. The van der Waals surface area contributed by atoms with Gasteiger partial charge in [-0.25, -0.2) is 8.78 Å². The van der Waals surface area contributed by atoms with Crippen molar-refractivity contribution in [2.45, 2.75) is 38.1 Å². The van der Waals surface area contributed by atoms with Crippen LogP contribution in [0.25, 0.3) is 0 Å². The van der Waals surface area contributed by atoms with Crippen LogP contribution in [0.3, 0.4) is 0 Å². The fourth-order valence-corrected chi connectivity index (χ4v) is 5.72. The number of piperazine rings is 1. The molecule has 0 saturated carbocycles. The third-order valence-corrected chi connectivity index (χ3v) is 8.14. The first-order chi connectivity index (χ1) is 20.5. The van der Waals surface area contributed by atoms with E-state index in [1.165, 1.54) is 24.3 Å². The van der Waals surface area contributed by atoms with Crippen LogP contribution in [0.2, 0.25) is 0 Å². The van der Waals surface area contributed by atoms with Gasteiger partial charge < -0.3 is 24.4 Å². The summed E-state index contributed by atoms with van der Waals surface area (Å²) in [5.41, 5.74) is 3.25. The van der Waals surface area contributed by atoms with Gasteiger partial charge in [-0.05, 0) is 72.5 Å². The molecule has 4 rings (SSSR count). The Bertz CT molecular complexity index is 1150. The molecule has 0 radical (unpaired) electrons. The molecule has 1 fully saturated rings. The van der Waals surface area contributed by atoms with Crippen molar-refractivity contribution >= 4 is 0 Å². The maximum atomic E-state index is 13.5. The van der Waals surface area contributed by atoms with Crippen molar-refractivity contribution in [2.24, 2.45) is 0 Å². The lowest BCUT2D eigenvalue weighted by atomic mass is 9.87. The van der Waals surface area contributed by atoms with Crippen molar-refractivity contribution in [3.63, 3.8) is 0 Å². The van der Waals surface area contributed by atoms with E-state index in [2.05, 4.69) is 15.1 Å². The molecule has 42 heavy (non-hydrogen) atoms. The Kier molecular flexibility index (Phi) is 12.4. The van der Waals surface area contributed by atoms with Crippen molar-refractivity contribution in [1.29, 1.82) is 0 Å². The van der Waals surface area contributed by atoms with Gasteiger partial charge in [0.05, 0.1) is 21.3 Å². The summed E-state index contributed by atoms with van der Waals surface area (Å²) >= 11 is 0. The number of nitrogens with zero attached hydrogens (tertiary/aromatic N) is 2. The van der Waals surface area contributed by atoms with Gasteiger partial charge in [0.2, 0.25) is 5.75 Å². The van der Waals surface area contributed by atoms with Gasteiger partial charge in [0, 0.05) is 51.7 Å². The van der Waals surface area contributed by atoms with Crippen LogP contribution in [0.5, 0.6) is 17.2 Å². The van der Waals surface area contributed by atoms with Crippen LogP contribution < -0.4 is 19.5 Å². The molecular weight excluding hydrogens is 536 g/mol. The highest BCUT2D eigenvalue weighted by Crippen LogP contribution is 2.38. The van der Waals surface area contributed by atoms with Gasteiger partial charge in [0.1, 0.15) is 11.6 Å². The maximum absolute atomic E-state index is 13.5. The van der Waals surface area contributed by atoms with E-state index in [9.17, 15) is 8.78 Å². The second-order valence-electron chi connectivity index (χ2n) is 10.9. The SMILES string of the molecule is COc1cc(CNCCN2CCN(CCCCCC(c3ccc(F)cc3)c3ccc(F)cc3)CC2)cc(OC)c1OC. The summed E-state index contributed by atoms with van der Waals surface area (Å²) in [5.74, 6) is 1.64. The van der Waals surface area contributed by atoms with Gasteiger partial charge in [-0.15, -0.1) is 0 Å². The highest BCUT2D eigenvalue weighted by Gasteiger charge is 2.18. The molecule has 0 amide bonds. The van der Waals surface area contributed by atoms with Crippen LogP contribution in [0.4, 0.5) is 8.78 Å². The van der Waals surface area contributed by atoms with E-state index in [4.69, 9.17) is 14.2 Å². The summed E-state index contributed by atoms with van der Waals surface area (Å²) in [6.07, 6.45) is 4.35. The zero-order valence-corrected chi connectivity index (χ0v) is 25.2. The van der Waals surface area contributed by atoms with Crippen LogP contribution in [0.15, 0.2) is 60.7 Å². The number of nitrogens with one attached hydrogen (secondary N) is 1. The number of ether oxygens (including phenoxy) is 3. The molecule has 3 aromatic carbocycles. The Morgan fingerprint density at radius 1 is 0.690 bits per heavy atom. The monoisotopic (exact) mass is 581 g/mol. The van der Waals surface area contributed by atoms with E-state index in [0.717, 1.165) is 94.7 Å². The molecule has 0 bridgehead atoms. The minimum Gasteiger partial charge on any atom is -0.493 e. The van der Waals surface area contributed by atoms with E-state index < -0.39 is 0 Å². The summed E-state index contributed by atoms with van der Waals surface area (Å²) in [6.45, 7) is 8.16. The second kappa shape index (κ2) is 16.4. The van der Waals surface area contributed by atoms with Gasteiger partial charge in [0.25, 0.3) is 0 Å². The van der Waals surface area contributed by atoms with Gasteiger partial charge in [0.15, 0.2) is 11.5 Å². The Labute approximate surface area is 249 Å². The molecular formula is C34H45F2N3O3. The average Bonchev–Trinajstić information content (AvgIpc) is 3.02. The fraction of sp³-hybridized carbons (Fsp3) is 0.471. The minimum atomic E-state index is -0.233. The zero-order chi connectivity index (χ0) is 29.7. The number of hydrogen-bond donors (Lipinski definition) is 1. The normalized spacial score (nSPS) is 14.3. The van der Waals surface area contributed by atoms with Crippen molar-refractivity contribution in [2.75, 3.05) is 67.1 Å². The summed E-state index contributed by atoms with van der Waals surface area (Å²) in [5, 5.41) is 3.54. The molecule has 3 aromatic rings. The van der Waals surface area contributed by atoms with Gasteiger partial charge >= 0.3 is 0 Å². The summed E-state index contributed by atoms with van der Waals surface area (Å²) in [4.78, 5) is 5.09. The van der Waals surface area contributed by atoms with E-state index in [1.54, 1.807) is 21.3 Å². The summed E-state index contributed by atoms with van der Waals surface area (Å²) in [7, 11) is 4.88. The molecule has 1 N–H and O–H groups in total. The number of unbranched alkanes of at least 4 members (excludes halogenated alkanes) is 2. The molecule has 6 nitrogen and oxygen atoms in total. The van der Waals surface area contributed by atoms with Crippen molar-refractivity contribution in [3.05, 3.63) is 89.0 Å². The van der Waals surface area contributed by atoms with E-state index in [-0.39, 0.29) is 17.6 Å².